The van der Waals surface area contributed by atoms with Gasteiger partial charge in [-0.2, -0.15) is 0 Å². The van der Waals surface area contributed by atoms with Crippen LogP contribution < -0.4 is 10.4 Å². The van der Waals surface area contributed by atoms with Gasteiger partial charge in [-0.1, -0.05) is 76.0 Å². The van der Waals surface area contributed by atoms with Crippen LogP contribution in [0.15, 0.2) is 63.3 Å². The van der Waals surface area contributed by atoms with Crippen molar-refractivity contribution in [3.8, 4) is 5.75 Å². The molecule has 1 aromatic heterocycles. The number of carbonyl (C=O) groups excluding carboxylic acids is 1. The average molecular weight is 597 g/mol. The van der Waals surface area contributed by atoms with Crippen molar-refractivity contribution in [2.75, 3.05) is 6.61 Å². The minimum absolute atomic E-state index is 0.235. The summed E-state index contributed by atoms with van der Waals surface area (Å²) in [5.74, 6) is 0.381. The van der Waals surface area contributed by atoms with Gasteiger partial charge in [0.1, 0.15) is 24.0 Å². The first kappa shape index (κ1) is 36.3. The van der Waals surface area contributed by atoms with Gasteiger partial charge in [-0.3, -0.25) is 4.79 Å². The van der Waals surface area contributed by atoms with Gasteiger partial charge in [-0.05, 0) is 90.0 Å². The Balaban J connectivity index is 1.58. The van der Waals surface area contributed by atoms with Gasteiger partial charge in [-0.25, -0.2) is 4.79 Å². The maximum absolute atomic E-state index is 12.5. The number of carbonyl (C=O) groups is 1. The average Bonchev–Trinajstić information content (AvgIpc) is 2.96. The molecular weight excluding hydrogens is 540 g/mol. The highest BCUT2D eigenvalue weighted by molar-refractivity contribution is 5.77. The van der Waals surface area contributed by atoms with Gasteiger partial charge in [0.05, 0.1) is 5.60 Å². The van der Waals surface area contributed by atoms with Crippen LogP contribution in [-0.2, 0) is 9.53 Å². The number of aliphatic hydroxyl groups is 1. The Hall–Kier alpha value is -2.86. The van der Waals surface area contributed by atoms with Gasteiger partial charge >= 0.3 is 11.6 Å². The van der Waals surface area contributed by atoms with E-state index in [4.69, 9.17) is 13.9 Å². The molecule has 0 aliphatic heterocycles. The quantitative estimate of drug-likeness (QED) is 0.0595. The van der Waals surface area contributed by atoms with Crippen molar-refractivity contribution in [1.82, 2.24) is 0 Å². The van der Waals surface area contributed by atoms with E-state index in [1.165, 1.54) is 70.3 Å². The maximum atomic E-state index is 12.5. The smallest absolute Gasteiger partial charge is 0.336 e. The summed E-state index contributed by atoms with van der Waals surface area (Å²) in [5.41, 5.74) is 0.0559. The predicted octanol–water partition coefficient (Wildman–Crippen LogP) is 9.62. The lowest BCUT2D eigenvalue weighted by molar-refractivity contribution is -0.162. The Morgan fingerprint density at radius 2 is 1.53 bits per heavy atom. The van der Waals surface area contributed by atoms with Gasteiger partial charge in [0.2, 0.25) is 0 Å². The molecule has 1 N–H and O–H groups in total. The van der Waals surface area contributed by atoms with E-state index in [9.17, 15) is 14.7 Å². The van der Waals surface area contributed by atoms with Crippen LogP contribution in [0.5, 0.6) is 5.75 Å². The SMILES string of the molecule is CCCCCC/C=C\CCCCCCCCCC(=O)O[C@H](CC/C(C)=C/COc1ccc2ccc(=O)oc2c1)C(C)(C)O. The van der Waals surface area contributed by atoms with Crippen molar-refractivity contribution in [3.05, 3.63) is 64.6 Å². The first-order chi connectivity index (χ1) is 20.7. The van der Waals surface area contributed by atoms with E-state index in [1.807, 2.05) is 25.1 Å². The molecule has 0 spiro atoms. The number of rotatable bonds is 23. The zero-order chi connectivity index (χ0) is 31.3. The van der Waals surface area contributed by atoms with Gasteiger partial charge in [0, 0.05) is 23.9 Å². The van der Waals surface area contributed by atoms with Crippen LogP contribution in [0, 0.1) is 0 Å². The number of fused-ring (bicyclic) bond motifs is 1. The van der Waals surface area contributed by atoms with Crippen LogP contribution in [0.1, 0.15) is 130 Å². The normalized spacial score (nSPS) is 13.1. The summed E-state index contributed by atoms with van der Waals surface area (Å²) in [6.45, 7) is 7.99. The predicted molar refractivity (Wildman–Crippen MR) is 177 cm³/mol. The Morgan fingerprint density at radius 3 is 2.21 bits per heavy atom. The summed E-state index contributed by atoms with van der Waals surface area (Å²) in [6.07, 6.45) is 23.5. The Morgan fingerprint density at radius 1 is 0.907 bits per heavy atom. The third-order valence-corrected chi connectivity index (χ3v) is 7.78. The van der Waals surface area contributed by atoms with Crippen LogP contribution in [0.3, 0.4) is 0 Å². The number of hydrogen-bond donors (Lipinski definition) is 1. The molecule has 0 aliphatic carbocycles. The first-order valence-corrected chi connectivity index (χ1v) is 16.6. The molecule has 43 heavy (non-hydrogen) atoms. The zero-order valence-electron chi connectivity index (χ0n) is 27.2. The van der Waals surface area contributed by atoms with Crippen molar-refractivity contribution >= 4 is 16.9 Å². The molecule has 0 saturated heterocycles. The Kier molecular flexibility index (Phi) is 17.7. The molecule has 0 fully saturated rings. The fraction of sp³-hybridized carbons (Fsp3) is 0.622. The second-order valence-corrected chi connectivity index (χ2v) is 12.3. The standard InChI is InChI=1S/C37H56O6/c1-5-6-7-8-9-10-11-12-13-14-15-16-17-18-19-20-35(38)43-34(37(3,4)40)25-21-30(2)27-28-41-32-24-22-31-23-26-36(39)42-33(31)29-32/h10-11,22-24,26-27,29,34,40H,5-9,12-21,25,28H2,1-4H3/b11-10-,30-27+/t34-/m1/s1. The highest BCUT2D eigenvalue weighted by atomic mass is 16.6. The van der Waals surface area contributed by atoms with E-state index in [2.05, 4.69) is 19.1 Å². The molecule has 2 rings (SSSR count). The number of hydrogen-bond acceptors (Lipinski definition) is 6. The number of esters is 1. The van der Waals surface area contributed by atoms with Crippen LogP contribution in [0.4, 0.5) is 0 Å². The second kappa shape index (κ2) is 20.9. The second-order valence-electron chi connectivity index (χ2n) is 12.3. The number of unbranched alkanes of at least 4 members (excludes halogenated alkanes) is 11. The van der Waals surface area contributed by atoms with Crippen LogP contribution in [0.25, 0.3) is 11.0 Å². The fourth-order valence-electron chi connectivity index (χ4n) is 4.99. The molecule has 1 heterocycles. The topological polar surface area (TPSA) is 86.0 Å². The van der Waals surface area contributed by atoms with E-state index in [-0.39, 0.29) is 5.97 Å². The molecule has 0 aliphatic rings. The largest absolute Gasteiger partial charge is 0.489 e. The summed E-state index contributed by atoms with van der Waals surface area (Å²) in [6, 6.07) is 8.52. The molecule has 2 aromatic rings. The summed E-state index contributed by atoms with van der Waals surface area (Å²) >= 11 is 0. The van der Waals surface area contributed by atoms with E-state index in [1.54, 1.807) is 26.0 Å². The molecule has 0 bridgehead atoms. The molecule has 0 amide bonds. The molecular formula is C37H56O6. The molecule has 1 aromatic carbocycles. The van der Waals surface area contributed by atoms with Gasteiger partial charge in [0.15, 0.2) is 0 Å². The first-order valence-electron chi connectivity index (χ1n) is 16.6. The number of ether oxygens (including phenoxy) is 2. The Labute approximate surface area is 259 Å². The minimum atomic E-state index is -1.12. The molecule has 6 nitrogen and oxygen atoms in total. The summed E-state index contributed by atoms with van der Waals surface area (Å²) in [5, 5.41) is 11.5. The van der Waals surface area contributed by atoms with Crippen molar-refractivity contribution in [3.63, 3.8) is 0 Å². The molecule has 0 saturated carbocycles. The van der Waals surface area contributed by atoms with Gasteiger partial charge in [0.25, 0.3) is 0 Å². The van der Waals surface area contributed by atoms with Crippen LogP contribution in [-0.4, -0.2) is 29.4 Å². The fourth-order valence-corrected chi connectivity index (χ4v) is 4.99. The van der Waals surface area contributed by atoms with Crippen molar-refractivity contribution < 1.29 is 23.8 Å². The lowest BCUT2D eigenvalue weighted by atomic mass is 9.95. The molecule has 240 valence electrons. The van der Waals surface area contributed by atoms with E-state index in [0.717, 1.165) is 30.2 Å². The number of allylic oxidation sites excluding steroid dienone is 3. The third-order valence-electron chi connectivity index (χ3n) is 7.78. The summed E-state index contributed by atoms with van der Waals surface area (Å²) in [7, 11) is 0. The molecule has 0 radical (unpaired) electrons. The van der Waals surface area contributed by atoms with Crippen LogP contribution in [0.2, 0.25) is 0 Å². The van der Waals surface area contributed by atoms with Gasteiger partial charge in [-0.15, -0.1) is 0 Å². The third kappa shape index (κ3) is 16.5. The lowest BCUT2D eigenvalue weighted by Gasteiger charge is -2.29. The highest BCUT2D eigenvalue weighted by Gasteiger charge is 2.30. The minimum Gasteiger partial charge on any atom is -0.489 e. The molecule has 0 unspecified atom stereocenters. The van der Waals surface area contributed by atoms with Crippen molar-refractivity contribution in [2.24, 2.45) is 0 Å². The van der Waals surface area contributed by atoms with E-state index < -0.39 is 17.3 Å². The van der Waals surface area contributed by atoms with Crippen LogP contribution >= 0.6 is 0 Å². The van der Waals surface area contributed by atoms with Crippen molar-refractivity contribution in [2.45, 2.75) is 142 Å². The Bertz CT molecular complexity index is 1170. The van der Waals surface area contributed by atoms with Gasteiger partial charge < -0.3 is 19.0 Å². The zero-order valence-corrected chi connectivity index (χ0v) is 27.2. The molecule has 1 atom stereocenters. The monoisotopic (exact) mass is 596 g/mol. The van der Waals surface area contributed by atoms with Crippen molar-refractivity contribution in [1.29, 1.82) is 0 Å². The van der Waals surface area contributed by atoms with E-state index >= 15 is 0 Å². The number of benzene rings is 1. The van der Waals surface area contributed by atoms with E-state index in [0.29, 0.717) is 37.2 Å². The lowest BCUT2D eigenvalue weighted by Crippen LogP contribution is -2.39. The summed E-state index contributed by atoms with van der Waals surface area (Å²) in [4.78, 5) is 24.0. The summed E-state index contributed by atoms with van der Waals surface area (Å²) < 4.78 is 16.7. The molecule has 6 heteroatoms. The highest BCUT2D eigenvalue weighted by Crippen LogP contribution is 2.23. The maximum Gasteiger partial charge on any atom is 0.336 e.